The molecule has 2 aliphatic carbocycles. The Hall–Kier alpha value is -2.69. The van der Waals surface area contributed by atoms with Crippen LogP contribution in [0, 0.1) is 5.82 Å². The molecular weight excluding hydrogens is 319 g/mol. The molecule has 0 radical (unpaired) electrons. The second-order valence-corrected chi connectivity index (χ2v) is 6.87. The van der Waals surface area contributed by atoms with Crippen molar-refractivity contribution in [1.82, 2.24) is 10.6 Å². The summed E-state index contributed by atoms with van der Waals surface area (Å²) in [5.41, 5.74) is 1.59. The van der Waals surface area contributed by atoms with Crippen molar-refractivity contribution in [3.63, 3.8) is 0 Å². The maximum Gasteiger partial charge on any atom is 0.251 e. The van der Waals surface area contributed by atoms with Gasteiger partial charge in [0.1, 0.15) is 5.82 Å². The van der Waals surface area contributed by atoms with Crippen molar-refractivity contribution in [3.05, 3.63) is 71.0 Å². The summed E-state index contributed by atoms with van der Waals surface area (Å²) in [6.45, 7) is 0. The highest BCUT2D eigenvalue weighted by atomic mass is 19.1. The molecule has 2 aromatic rings. The number of halogens is 1. The first-order valence-electron chi connectivity index (χ1n) is 8.55. The molecule has 0 spiro atoms. The van der Waals surface area contributed by atoms with Gasteiger partial charge in [0.05, 0.1) is 5.54 Å². The van der Waals surface area contributed by atoms with Crippen molar-refractivity contribution in [2.75, 3.05) is 0 Å². The Balaban J connectivity index is 1.44. The first kappa shape index (κ1) is 15.8. The van der Waals surface area contributed by atoms with Crippen LogP contribution in [0.15, 0.2) is 48.5 Å². The van der Waals surface area contributed by atoms with Crippen LogP contribution < -0.4 is 10.6 Å². The fourth-order valence-corrected chi connectivity index (χ4v) is 2.94. The molecule has 2 fully saturated rings. The standard InChI is InChI=1S/C20H19FN2O2/c21-16-7-5-15(6-8-16)20(11-12-20)23-19(25)14-3-1-13(2-4-14)18(24)22-17-9-10-17/h1-8,17H,9-12H2,(H,22,24)(H,23,25). The molecule has 2 amide bonds. The van der Waals surface area contributed by atoms with Gasteiger partial charge in [0, 0.05) is 17.2 Å². The molecule has 2 saturated carbocycles. The summed E-state index contributed by atoms with van der Waals surface area (Å²) >= 11 is 0. The van der Waals surface area contributed by atoms with Crippen molar-refractivity contribution in [3.8, 4) is 0 Å². The Kier molecular flexibility index (Phi) is 3.79. The Morgan fingerprint density at radius 2 is 1.44 bits per heavy atom. The van der Waals surface area contributed by atoms with Gasteiger partial charge >= 0.3 is 0 Å². The highest BCUT2D eigenvalue weighted by Gasteiger charge is 2.45. The Labute approximate surface area is 145 Å². The number of benzene rings is 2. The molecule has 2 aliphatic rings. The lowest BCUT2D eigenvalue weighted by Gasteiger charge is -2.18. The van der Waals surface area contributed by atoms with Gasteiger partial charge < -0.3 is 10.6 Å². The van der Waals surface area contributed by atoms with Crippen molar-refractivity contribution >= 4 is 11.8 Å². The normalized spacial score (nSPS) is 17.6. The van der Waals surface area contributed by atoms with E-state index in [9.17, 15) is 14.0 Å². The van der Waals surface area contributed by atoms with E-state index in [-0.39, 0.29) is 17.6 Å². The van der Waals surface area contributed by atoms with Crippen molar-refractivity contribution in [1.29, 1.82) is 0 Å². The third-order valence-corrected chi connectivity index (χ3v) is 4.82. The smallest absolute Gasteiger partial charge is 0.251 e. The molecule has 5 heteroatoms. The van der Waals surface area contributed by atoms with Gasteiger partial charge in [-0.2, -0.15) is 0 Å². The zero-order chi connectivity index (χ0) is 17.4. The van der Waals surface area contributed by atoms with Crippen molar-refractivity contribution < 1.29 is 14.0 Å². The average molecular weight is 338 g/mol. The molecule has 128 valence electrons. The van der Waals surface area contributed by atoms with E-state index < -0.39 is 5.54 Å². The Morgan fingerprint density at radius 1 is 0.880 bits per heavy atom. The maximum atomic E-state index is 13.1. The fourth-order valence-electron chi connectivity index (χ4n) is 2.94. The van der Waals surface area contributed by atoms with Crippen LogP contribution in [-0.2, 0) is 5.54 Å². The first-order chi connectivity index (χ1) is 12.1. The van der Waals surface area contributed by atoms with Crippen molar-refractivity contribution in [2.45, 2.75) is 37.3 Å². The van der Waals surface area contributed by atoms with E-state index in [1.807, 2.05) is 0 Å². The summed E-state index contributed by atoms with van der Waals surface area (Å²) in [4.78, 5) is 24.5. The molecule has 0 aromatic heterocycles. The Morgan fingerprint density at radius 3 is 1.96 bits per heavy atom. The minimum atomic E-state index is -0.396. The van der Waals surface area contributed by atoms with E-state index >= 15 is 0 Å². The first-order valence-corrected chi connectivity index (χ1v) is 8.55. The molecule has 0 atom stereocenters. The van der Waals surface area contributed by atoms with Gasteiger partial charge in [-0.3, -0.25) is 9.59 Å². The molecule has 0 aliphatic heterocycles. The highest BCUT2D eigenvalue weighted by Crippen LogP contribution is 2.45. The van der Waals surface area contributed by atoms with Gasteiger partial charge in [0.25, 0.3) is 11.8 Å². The molecule has 0 unspecified atom stereocenters. The summed E-state index contributed by atoms with van der Waals surface area (Å²) in [5.74, 6) is -0.568. The van der Waals surface area contributed by atoms with Gasteiger partial charge in [-0.05, 0) is 67.6 Å². The van der Waals surface area contributed by atoms with Gasteiger partial charge in [-0.15, -0.1) is 0 Å². The van der Waals surface area contributed by atoms with Crippen LogP contribution in [0.1, 0.15) is 52.0 Å². The van der Waals surface area contributed by atoms with E-state index in [4.69, 9.17) is 0 Å². The zero-order valence-corrected chi connectivity index (χ0v) is 13.7. The van der Waals surface area contributed by atoms with Crippen LogP contribution in [0.2, 0.25) is 0 Å². The predicted molar refractivity (Wildman–Crippen MR) is 91.7 cm³/mol. The lowest BCUT2D eigenvalue weighted by molar-refractivity contribution is 0.0925. The van der Waals surface area contributed by atoms with Crippen LogP contribution in [0.5, 0.6) is 0 Å². The summed E-state index contributed by atoms with van der Waals surface area (Å²) in [5, 5.41) is 5.97. The molecule has 2 N–H and O–H groups in total. The lowest BCUT2D eigenvalue weighted by atomic mass is 10.0. The van der Waals surface area contributed by atoms with Crippen LogP contribution in [0.25, 0.3) is 0 Å². The predicted octanol–water partition coefficient (Wildman–Crippen LogP) is 3.14. The molecule has 4 rings (SSSR count). The average Bonchev–Trinajstić information content (AvgIpc) is 3.53. The molecule has 4 nitrogen and oxygen atoms in total. The molecule has 0 saturated heterocycles. The quantitative estimate of drug-likeness (QED) is 0.880. The Bertz CT molecular complexity index is 807. The number of nitrogens with one attached hydrogen (secondary N) is 2. The lowest BCUT2D eigenvalue weighted by Crippen LogP contribution is -2.34. The third kappa shape index (κ3) is 3.40. The number of amides is 2. The third-order valence-electron chi connectivity index (χ3n) is 4.82. The second-order valence-electron chi connectivity index (χ2n) is 6.87. The van der Waals surface area contributed by atoms with Gasteiger partial charge in [-0.25, -0.2) is 4.39 Å². The number of hydrogen-bond donors (Lipinski definition) is 2. The summed E-state index contributed by atoms with van der Waals surface area (Å²) in [7, 11) is 0. The second kappa shape index (κ2) is 5.99. The summed E-state index contributed by atoms with van der Waals surface area (Å²) in [6.07, 6.45) is 3.76. The fraction of sp³-hybridized carbons (Fsp3) is 0.300. The number of carbonyl (C=O) groups excluding carboxylic acids is 2. The van der Waals surface area contributed by atoms with E-state index in [0.29, 0.717) is 17.2 Å². The van der Waals surface area contributed by atoms with E-state index in [0.717, 1.165) is 31.2 Å². The van der Waals surface area contributed by atoms with E-state index in [1.54, 1.807) is 36.4 Å². The molecule has 25 heavy (non-hydrogen) atoms. The molecule has 0 heterocycles. The topological polar surface area (TPSA) is 58.2 Å². The van der Waals surface area contributed by atoms with Crippen LogP contribution in [0.4, 0.5) is 4.39 Å². The molecular formula is C20H19FN2O2. The summed E-state index contributed by atoms with van der Waals surface area (Å²) in [6, 6.07) is 13.2. The summed E-state index contributed by atoms with van der Waals surface area (Å²) < 4.78 is 13.1. The molecule has 0 bridgehead atoms. The maximum absolute atomic E-state index is 13.1. The zero-order valence-electron chi connectivity index (χ0n) is 13.7. The monoisotopic (exact) mass is 338 g/mol. The SMILES string of the molecule is O=C(NC1CC1)c1ccc(C(=O)NC2(c3ccc(F)cc3)CC2)cc1. The van der Waals surface area contributed by atoms with Crippen LogP contribution in [0.3, 0.4) is 0 Å². The number of rotatable bonds is 5. The van der Waals surface area contributed by atoms with Crippen molar-refractivity contribution in [2.24, 2.45) is 0 Å². The van der Waals surface area contributed by atoms with Gasteiger partial charge in [0.15, 0.2) is 0 Å². The van der Waals surface area contributed by atoms with Crippen LogP contribution >= 0.6 is 0 Å². The van der Waals surface area contributed by atoms with E-state index in [1.165, 1.54) is 12.1 Å². The van der Waals surface area contributed by atoms with Gasteiger partial charge in [-0.1, -0.05) is 12.1 Å². The number of carbonyl (C=O) groups is 2. The van der Waals surface area contributed by atoms with Gasteiger partial charge in [0.2, 0.25) is 0 Å². The highest BCUT2D eigenvalue weighted by molar-refractivity contribution is 5.98. The van der Waals surface area contributed by atoms with Crippen LogP contribution in [-0.4, -0.2) is 17.9 Å². The minimum absolute atomic E-state index is 0.0977. The van der Waals surface area contributed by atoms with E-state index in [2.05, 4.69) is 10.6 Å². The largest absolute Gasteiger partial charge is 0.349 e. The number of hydrogen-bond acceptors (Lipinski definition) is 2. The minimum Gasteiger partial charge on any atom is -0.349 e. The molecule has 2 aromatic carbocycles.